The normalized spacial score (nSPS) is 10.1. The smallest absolute Gasteiger partial charge is 0.248 e. The second-order valence-corrected chi connectivity index (χ2v) is 4.00. The lowest BCUT2D eigenvalue weighted by Gasteiger charge is -2.05. The van der Waals surface area contributed by atoms with E-state index < -0.39 is 5.91 Å². The molecule has 0 unspecified atom stereocenters. The molecule has 0 atom stereocenters. The Morgan fingerprint density at radius 1 is 1.37 bits per heavy atom. The van der Waals surface area contributed by atoms with Gasteiger partial charge >= 0.3 is 0 Å². The summed E-state index contributed by atoms with van der Waals surface area (Å²) in [6.07, 6.45) is 3.29. The van der Waals surface area contributed by atoms with Crippen LogP contribution in [0.15, 0.2) is 49.3 Å². The van der Waals surface area contributed by atoms with E-state index in [1.54, 1.807) is 17.1 Å². The van der Waals surface area contributed by atoms with Gasteiger partial charge in [0, 0.05) is 17.3 Å². The molecular weight excluding hydrogens is 242 g/mol. The van der Waals surface area contributed by atoms with Crippen molar-refractivity contribution in [2.45, 2.75) is 6.54 Å². The van der Waals surface area contributed by atoms with Crippen LogP contribution in [0.3, 0.4) is 0 Å². The Morgan fingerprint density at radius 3 is 2.79 bits per heavy atom. The first-order chi connectivity index (χ1) is 9.16. The summed E-state index contributed by atoms with van der Waals surface area (Å²) in [4.78, 5) is 11.0. The highest BCUT2D eigenvalue weighted by atomic mass is 16.5. The maximum absolute atomic E-state index is 11.0. The van der Waals surface area contributed by atoms with Crippen LogP contribution in [-0.4, -0.2) is 22.3 Å². The van der Waals surface area contributed by atoms with Gasteiger partial charge in [-0.3, -0.25) is 9.48 Å². The standard InChI is InChI=1S/C14H15N3O2/c1-11(14(15)18)12-9-16-17(10-12)7-8-19-13-5-3-2-4-6-13/h2-6,9-10H,1,7-8H2,(H2,15,18). The lowest BCUT2D eigenvalue weighted by Crippen LogP contribution is -2.11. The van der Waals surface area contributed by atoms with E-state index in [0.717, 1.165) is 5.75 Å². The number of aromatic nitrogens is 2. The highest BCUT2D eigenvalue weighted by Gasteiger charge is 2.07. The van der Waals surface area contributed by atoms with Gasteiger partial charge in [0.15, 0.2) is 0 Å². The number of ether oxygens (including phenoxy) is 1. The Morgan fingerprint density at radius 2 is 2.11 bits per heavy atom. The summed E-state index contributed by atoms with van der Waals surface area (Å²) in [6, 6.07) is 9.55. The molecule has 2 aromatic rings. The zero-order valence-corrected chi connectivity index (χ0v) is 10.5. The third-order valence-corrected chi connectivity index (χ3v) is 2.61. The summed E-state index contributed by atoms with van der Waals surface area (Å²) in [5.41, 5.74) is 6.04. The molecule has 1 aromatic heterocycles. The number of nitrogens with zero attached hydrogens (tertiary/aromatic N) is 2. The molecule has 0 aliphatic carbocycles. The van der Waals surface area contributed by atoms with Crippen molar-refractivity contribution >= 4 is 11.5 Å². The molecule has 5 nitrogen and oxygen atoms in total. The number of primary amides is 1. The van der Waals surface area contributed by atoms with Crippen molar-refractivity contribution in [3.63, 3.8) is 0 Å². The van der Waals surface area contributed by atoms with Crippen molar-refractivity contribution in [2.24, 2.45) is 5.73 Å². The topological polar surface area (TPSA) is 70.1 Å². The summed E-state index contributed by atoms with van der Waals surface area (Å²) < 4.78 is 7.24. The van der Waals surface area contributed by atoms with Crippen LogP contribution >= 0.6 is 0 Å². The average molecular weight is 257 g/mol. The highest BCUT2D eigenvalue weighted by Crippen LogP contribution is 2.11. The van der Waals surface area contributed by atoms with Crippen LogP contribution in [0.5, 0.6) is 5.75 Å². The van der Waals surface area contributed by atoms with Crippen LogP contribution in [0.1, 0.15) is 5.56 Å². The van der Waals surface area contributed by atoms with Crippen LogP contribution < -0.4 is 10.5 Å². The molecule has 1 heterocycles. The SMILES string of the molecule is C=C(C(N)=O)c1cnn(CCOc2ccccc2)c1. The number of hydrogen-bond donors (Lipinski definition) is 1. The van der Waals surface area contributed by atoms with Crippen molar-refractivity contribution in [3.05, 3.63) is 54.9 Å². The van der Waals surface area contributed by atoms with E-state index in [1.807, 2.05) is 30.3 Å². The zero-order chi connectivity index (χ0) is 13.7. The molecule has 0 aliphatic rings. The summed E-state index contributed by atoms with van der Waals surface area (Å²) in [7, 11) is 0. The monoisotopic (exact) mass is 257 g/mol. The number of rotatable bonds is 6. The van der Waals surface area contributed by atoms with Gasteiger partial charge in [-0.1, -0.05) is 24.8 Å². The molecule has 2 rings (SSSR count). The van der Waals surface area contributed by atoms with Crippen LogP contribution in [0.25, 0.3) is 5.57 Å². The van der Waals surface area contributed by atoms with E-state index in [-0.39, 0.29) is 5.57 Å². The Kier molecular flexibility index (Phi) is 3.97. The molecule has 0 bridgehead atoms. The lowest BCUT2D eigenvalue weighted by atomic mass is 10.2. The predicted molar refractivity (Wildman–Crippen MR) is 72.4 cm³/mol. The number of carbonyl (C=O) groups excluding carboxylic acids is 1. The third kappa shape index (κ3) is 3.45. The largest absolute Gasteiger partial charge is 0.492 e. The number of hydrogen-bond acceptors (Lipinski definition) is 3. The number of amides is 1. The molecule has 0 fully saturated rings. The van der Waals surface area contributed by atoms with E-state index >= 15 is 0 Å². The van der Waals surface area contributed by atoms with Crippen LogP contribution in [0, 0.1) is 0 Å². The molecule has 98 valence electrons. The molecule has 1 aromatic carbocycles. The van der Waals surface area contributed by atoms with E-state index in [0.29, 0.717) is 18.7 Å². The van der Waals surface area contributed by atoms with E-state index in [1.165, 1.54) is 0 Å². The van der Waals surface area contributed by atoms with E-state index in [2.05, 4.69) is 11.7 Å². The maximum Gasteiger partial charge on any atom is 0.248 e. The highest BCUT2D eigenvalue weighted by molar-refractivity contribution is 6.17. The van der Waals surface area contributed by atoms with Gasteiger partial charge in [0.2, 0.25) is 5.91 Å². The van der Waals surface area contributed by atoms with Crippen molar-refractivity contribution < 1.29 is 9.53 Å². The van der Waals surface area contributed by atoms with Crippen LogP contribution in [0.2, 0.25) is 0 Å². The second kappa shape index (κ2) is 5.86. The summed E-state index contributed by atoms with van der Waals surface area (Å²) in [6.45, 7) is 4.69. The first kappa shape index (κ1) is 12.9. The molecule has 19 heavy (non-hydrogen) atoms. The van der Waals surface area contributed by atoms with Gasteiger partial charge < -0.3 is 10.5 Å². The first-order valence-electron chi connectivity index (χ1n) is 5.86. The zero-order valence-electron chi connectivity index (χ0n) is 10.5. The van der Waals surface area contributed by atoms with Gasteiger partial charge in [-0.15, -0.1) is 0 Å². The number of carbonyl (C=O) groups is 1. The summed E-state index contributed by atoms with van der Waals surface area (Å²) in [5.74, 6) is 0.275. The quantitative estimate of drug-likeness (QED) is 0.796. The third-order valence-electron chi connectivity index (χ3n) is 2.61. The van der Waals surface area contributed by atoms with E-state index in [9.17, 15) is 4.79 Å². The minimum absolute atomic E-state index is 0.259. The molecule has 2 N–H and O–H groups in total. The van der Waals surface area contributed by atoms with Gasteiger partial charge in [0.05, 0.1) is 12.7 Å². The molecule has 0 spiro atoms. The van der Waals surface area contributed by atoms with Crippen LogP contribution in [-0.2, 0) is 11.3 Å². The number of benzene rings is 1. The van der Waals surface area contributed by atoms with Crippen molar-refractivity contribution in [3.8, 4) is 5.75 Å². The molecule has 0 saturated heterocycles. The minimum Gasteiger partial charge on any atom is -0.492 e. The van der Waals surface area contributed by atoms with Gasteiger partial charge in [-0.2, -0.15) is 5.10 Å². The van der Waals surface area contributed by atoms with Crippen molar-refractivity contribution in [2.75, 3.05) is 6.61 Å². The average Bonchev–Trinajstić information content (AvgIpc) is 2.88. The molecule has 1 amide bonds. The fourth-order valence-electron chi connectivity index (χ4n) is 1.56. The summed E-state index contributed by atoms with van der Waals surface area (Å²) in [5, 5.41) is 4.12. The Bertz CT molecular complexity index is 575. The van der Waals surface area contributed by atoms with Crippen molar-refractivity contribution in [1.82, 2.24) is 9.78 Å². The molecule has 5 heteroatoms. The Balaban J connectivity index is 1.87. The maximum atomic E-state index is 11.0. The van der Waals surface area contributed by atoms with Gasteiger partial charge in [0.25, 0.3) is 0 Å². The van der Waals surface area contributed by atoms with Crippen LogP contribution in [0.4, 0.5) is 0 Å². The number of nitrogens with two attached hydrogens (primary N) is 1. The number of para-hydroxylation sites is 1. The molecule has 0 aliphatic heterocycles. The summed E-state index contributed by atoms with van der Waals surface area (Å²) >= 11 is 0. The fourth-order valence-corrected chi connectivity index (χ4v) is 1.56. The molecular formula is C14H15N3O2. The molecule has 0 saturated carbocycles. The van der Waals surface area contributed by atoms with Gasteiger partial charge in [0.1, 0.15) is 12.4 Å². The van der Waals surface area contributed by atoms with E-state index in [4.69, 9.17) is 10.5 Å². The minimum atomic E-state index is -0.542. The van der Waals surface area contributed by atoms with Gasteiger partial charge in [-0.05, 0) is 12.1 Å². The Labute approximate surface area is 111 Å². The lowest BCUT2D eigenvalue weighted by molar-refractivity contribution is -0.112. The second-order valence-electron chi connectivity index (χ2n) is 4.00. The predicted octanol–water partition coefficient (Wildman–Crippen LogP) is 1.46. The van der Waals surface area contributed by atoms with Gasteiger partial charge in [-0.25, -0.2) is 0 Å². The molecule has 0 radical (unpaired) electrons. The van der Waals surface area contributed by atoms with Crippen molar-refractivity contribution in [1.29, 1.82) is 0 Å². The Hall–Kier alpha value is -2.56. The fraction of sp³-hybridized carbons (Fsp3) is 0.143. The first-order valence-corrected chi connectivity index (χ1v) is 5.86.